The zero-order chi connectivity index (χ0) is 16.5. The van der Waals surface area contributed by atoms with Crippen LogP contribution in [0.2, 0.25) is 0 Å². The molecular weight excluding hydrogens is 302 g/mol. The van der Waals surface area contributed by atoms with Crippen molar-refractivity contribution in [2.24, 2.45) is 7.05 Å². The van der Waals surface area contributed by atoms with Crippen LogP contribution in [0.5, 0.6) is 0 Å². The predicted molar refractivity (Wildman–Crippen MR) is 92.8 cm³/mol. The highest BCUT2D eigenvalue weighted by molar-refractivity contribution is 5.75. The van der Waals surface area contributed by atoms with Gasteiger partial charge in [-0.3, -0.25) is 0 Å². The molecule has 24 heavy (non-hydrogen) atoms. The van der Waals surface area contributed by atoms with E-state index < -0.39 is 0 Å². The lowest BCUT2D eigenvalue weighted by atomic mass is 9.96. The standard InChI is InChI=1S/C18H25N5O/c1-22-16(21-15-8-5-10-19-17(15)22)13-9-11-23(12-13)18(24)20-14-6-3-2-4-7-14/h5,8,10,13-14H,2-4,6-7,9,11-12H2,1H3,(H,20,24)/t13-/m1/s1. The Bertz CT molecular complexity index is 734. The van der Waals surface area contributed by atoms with Crippen LogP contribution in [0.3, 0.4) is 0 Å². The highest BCUT2D eigenvalue weighted by atomic mass is 16.2. The minimum absolute atomic E-state index is 0.0984. The summed E-state index contributed by atoms with van der Waals surface area (Å²) in [6.45, 7) is 1.55. The first-order valence-electron chi connectivity index (χ1n) is 9.05. The van der Waals surface area contributed by atoms with Crippen molar-refractivity contribution in [1.29, 1.82) is 0 Å². The van der Waals surface area contributed by atoms with E-state index in [-0.39, 0.29) is 6.03 Å². The zero-order valence-electron chi connectivity index (χ0n) is 14.2. The number of pyridine rings is 1. The summed E-state index contributed by atoms with van der Waals surface area (Å²) in [7, 11) is 2.02. The second-order valence-electron chi connectivity index (χ2n) is 7.09. The van der Waals surface area contributed by atoms with E-state index in [1.807, 2.05) is 24.1 Å². The van der Waals surface area contributed by atoms with Gasteiger partial charge in [0.25, 0.3) is 0 Å². The van der Waals surface area contributed by atoms with Gasteiger partial charge in [-0.15, -0.1) is 0 Å². The van der Waals surface area contributed by atoms with E-state index in [0.29, 0.717) is 12.0 Å². The summed E-state index contributed by atoms with van der Waals surface area (Å²) in [6, 6.07) is 4.37. The van der Waals surface area contributed by atoms with E-state index >= 15 is 0 Å². The van der Waals surface area contributed by atoms with Gasteiger partial charge in [-0.05, 0) is 31.4 Å². The molecule has 1 N–H and O–H groups in total. The molecule has 0 bridgehead atoms. The van der Waals surface area contributed by atoms with Crippen molar-refractivity contribution in [2.45, 2.75) is 50.5 Å². The summed E-state index contributed by atoms with van der Waals surface area (Å²) in [5, 5.41) is 3.22. The van der Waals surface area contributed by atoms with Crippen molar-refractivity contribution < 1.29 is 4.79 Å². The number of hydrogen-bond donors (Lipinski definition) is 1. The molecule has 2 amide bonds. The van der Waals surface area contributed by atoms with Crippen molar-refractivity contribution in [3.63, 3.8) is 0 Å². The number of imidazole rings is 1. The van der Waals surface area contributed by atoms with E-state index in [1.165, 1.54) is 19.3 Å². The van der Waals surface area contributed by atoms with Gasteiger partial charge in [-0.2, -0.15) is 0 Å². The molecule has 2 fully saturated rings. The summed E-state index contributed by atoms with van der Waals surface area (Å²) in [5.74, 6) is 1.33. The number of hydrogen-bond acceptors (Lipinski definition) is 3. The number of rotatable bonds is 2. The molecule has 6 nitrogen and oxygen atoms in total. The van der Waals surface area contributed by atoms with E-state index in [2.05, 4.69) is 14.9 Å². The summed E-state index contributed by atoms with van der Waals surface area (Å²) >= 11 is 0. The number of aryl methyl sites for hydroxylation is 1. The normalized spacial score (nSPS) is 22.2. The summed E-state index contributed by atoms with van der Waals surface area (Å²) < 4.78 is 2.07. The number of nitrogens with one attached hydrogen (secondary N) is 1. The van der Waals surface area contributed by atoms with E-state index in [1.54, 1.807) is 6.20 Å². The molecule has 2 aliphatic rings. The third-order valence-corrected chi connectivity index (χ3v) is 5.44. The molecule has 2 aromatic heterocycles. The first-order chi connectivity index (χ1) is 11.7. The van der Waals surface area contributed by atoms with E-state index in [0.717, 1.165) is 49.3 Å². The Labute approximate surface area is 142 Å². The Morgan fingerprint density at radius 1 is 1.25 bits per heavy atom. The number of urea groups is 1. The molecule has 0 unspecified atom stereocenters. The molecule has 1 aliphatic carbocycles. The molecule has 6 heteroatoms. The van der Waals surface area contributed by atoms with E-state index in [4.69, 9.17) is 4.98 Å². The average Bonchev–Trinajstić information content (AvgIpc) is 3.21. The van der Waals surface area contributed by atoms with Gasteiger partial charge in [0.1, 0.15) is 11.3 Å². The summed E-state index contributed by atoms with van der Waals surface area (Å²) in [5.41, 5.74) is 1.85. The van der Waals surface area contributed by atoms with Crippen molar-refractivity contribution in [2.75, 3.05) is 13.1 Å². The van der Waals surface area contributed by atoms with Crippen LogP contribution in [0.4, 0.5) is 4.79 Å². The third kappa shape index (κ3) is 2.85. The van der Waals surface area contributed by atoms with Crippen LogP contribution < -0.4 is 5.32 Å². The molecule has 4 rings (SSSR count). The molecule has 1 saturated carbocycles. The Hall–Kier alpha value is -2.11. The maximum absolute atomic E-state index is 12.5. The summed E-state index contributed by atoms with van der Waals surface area (Å²) in [6.07, 6.45) is 8.79. The lowest BCUT2D eigenvalue weighted by Crippen LogP contribution is -2.44. The average molecular weight is 327 g/mol. The second-order valence-corrected chi connectivity index (χ2v) is 7.09. The molecule has 3 heterocycles. The van der Waals surface area contributed by atoms with Crippen LogP contribution in [0.25, 0.3) is 11.2 Å². The van der Waals surface area contributed by atoms with E-state index in [9.17, 15) is 4.79 Å². The number of fused-ring (bicyclic) bond motifs is 1. The number of nitrogens with zero attached hydrogens (tertiary/aromatic N) is 4. The molecule has 0 radical (unpaired) electrons. The van der Waals surface area contributed by atoms with Crippen LogP contribution in [0.15, 0.2) is 18.3 Å². The van der Waals surface area contributed by atoms with Crippen LogP contribution in [0, 0.1) is 0 Å². The van der Waals surface area contributed by atoms with Crippen molar-refractivity contribution in [1.82, 2.24) is 24.8 Å². The highest BCUT2D eigenvalue weighted by Crippen LogP contribution is 2.28. The number of amides is 2. The monoisotopic (exact) mass is 327 g/mol. The topological polar surface area (TPSA) is 63.1 Å². The van der Waals surface area contributed by atoms with Crippen LogP contribution in [-0.2, 0) is 7.05 Å². The fraction of sp³-hybridized carbons (Fsp3) is 0.611. The molecule has 0 aromatic carbocycles. The summed E-state index contributed by atoms with van der Waals surface area (Å²) in [4.78, 5) is 23.6. The third-order valence-electron chi connectivity index (χ3n) is 5.44. The lowest BCUT2D eigenvalue weighted by Gasteiger charge is -2.26. The molecule has 1 aliphatic heterocycles. The quantitative estimate of drug-likeness (QED) is 0.922. The van der Waals surface area contributed by atoms with Gasteiger partial charge in [0.15, 0.2) is 5.65 Å². The Morgan fingerprint density at radius 3 is 2.88 bits per heavy atom. The fourth-order valence-corrected chi connectivity index (χ4v) is 4.07. The van der Waals surface area contributed by atoms with Crippen molar-refractivity contribution in [3.8, 4) is 0 Å². The lowest BCUT2D eigenvalue weighted by molar-refractivity contribution is 0.200. The van der Waals surface area contributed by atoms with Gasteiger partial charge >= 0.3 is 6.03 Å². The first kappa shape index (κ1) is 15.4. The minimum atomic E-state index is 0.0984. The number of carbonyl (C=O) groups is 1. The Kier molecular flexibility index (Phi) is 4.12. The molecular formula is C18H25N5O. The van der Waals surface area contributed by atoms with Crippen molar-refractivity contribution >= 4 is 17.2 Å². The maximum atomic E-state index is 12.5. The van der Waals surface area contributed by atoms with Gasteiger partial charge in [0.2, 0.25) is 0 Å². The number of likely N-dealkylation sites (tertiary alicyclic amines) is 1. The number of carbonyl (C=O) groups excluding carboxylic acids is 1. The van der Waals surface area contributed by atoms with Gasteiger partial charge in [0.05, 0.1) is 0 Å². The SMILES string of the molecule is Cn1c([C@@H]2CCN(C(=O)NC3CCCCC3)C2)nc2cccnc21. The fourth-order valence-electron chi connectivity index (χ4n) is 4.07. The molecule has 128 valence electrons. The zero-order valence-corrected chi connectivity index (χ0v) is 14.2. The van der Waals surface area contributed by atoms with Crippen molar-refractivity contribution in [3.05, 3.63) is 24.2 Å². The molecule has 1 saturated heterocycles. The largest absolute Gasteiger partial charge is 0.335 e. The highest BCUT2D eigenvalue weighted by Gasteiger charge is 2.31. The molecule has 2 aromatic rings. The van der Waals surface area contributed by atoms with Gasteiger partial charge < -0.3 is 14.8 Å². The van der Waals surface area contributed by atoms with Crippen LogP contribution >= 0.6 is 0 Å². The Balaban J connectivity index is 1.43. The molecule has 1 atom stereocenters. The first-order valence-corrected chi connectivity index (χ1v) is 9.05. The predicted octanol–water partition coefficient (Wildman–Crippen LogP) is 2.80. The smallest absolute Gasteiger partial charge is 0.317 e. The van der Waals surface area contributed by atoms with Crippen LogP contribution in [0.1, 0.15) is 50.3 Å². The second kappa shape index (κ2) is 6.42. The van der Waals surface area contributed by atoms with Crippen LogP contribution in [-0.4, -0.2) is 44.6 Å². The number of aromatic nitrogens is 3. The molecule has 0 spiro atoms. The minimum Gasteiger partial charge on any atom is -0.335 e. The van der Waals surface area contributed by atoms with Gasteiger partial charge in [-0.1, -0.05) is 19.3 Å². The Morgan fingerprint density at radius 2 is 2.08 bits per heavy atom. The van der Waals surface area contributed by atoms with Gasteiger partial charge in [-0.25, -0.2) is 14.8 Å². The van der Waals surface area contributed by atoms with Gasteiger partial charge in [0, 0.05) is 38.3 Å². The maximum Gasteiger partial charge on any atom is 0.317 e.